The van der Waals surface area contributed by atoms with Gasteiger partial charge in [0.05, 0.1) is 5.75 Å². The van der Waals surface area contributed by atoms with Crippen molar-refractivity contribution in [3.8, 4) is 0 Å². The fourth-order valence-corrected chi connectivity index (χ4v) is 4.60. The average molecular weight is 384 g/mol. The second kappa shape index (κ2) is 6.69. The molecule has 5 nitrogen and oxygen atoms in total. The molecule has 1 unspecified atom stereocenters. The summed E-state index contributed by atoms with van der Waals surface area (Å²) in [5.41, 5.74) is 11.8. The van der Waals surface area contributed by atoms with Crippen molar-refractivity contribution < 1.29 is 8.42 Å². The lowest BCUT2D eigenvalue weighted by Gasteiger charge is -2.38. The number of hydrogen-bond acceptors (Lipinski definition) is 5. The van der Waals surface area contributed by atoms with Crippen molar-refractivity contribution in [2.24, 2.45) is 5.73 Å². The van der Waals surface area contributed by atoms with E-state index < -0.39 is 15.5 Å². The van der Waals surface area contributed by atoms with Crippen LogP contribution in [-0.2, 0) is 16.3 Å². The molecule has 6 heteroatoms. The standard InChI is InChI=1S/C21H25N3O2S/c1-27(25,26)14-13-23-19-7-4-8-20-17(19)11-12-21(22,24-20)18-10-9-15-5-2-3-6-16(15)18/h2-8,11-12,18,23-24H,9-10,13-14,22H2,1H3/t18?,21-/m1/s1. The van der Waals surface area contributed by atoms with Crippen LogP contribution >= 0.6 is 0 Å². The van der Waals surface area contributed by atoms with Crippen molar-refractivity contribution in [2.45, 2.75) is 24.4 Å². The highest BCUT2D eigenvalue weighted by Crippen LogP contribution is 2.43. The second-order valence-corrected chi connectivity index (χ2v) is 9.76. The van der Waals surface area contributed by atoms with Crippen LogP contribution in [0.1, 0.15) is 29.0 Å². The molecule has 4 rings (SSSR count). The van der Waals surface area contributed by atoms with Gasteiger partial charge in [0.25, 0.3) is 0 Å². The number of aryl methyl sites for hydroxylation is 1. The van der Waals surface area contributed by atoms with Gasteiger partial charge < -0.3 is 16.4 Å². The molecule has 0 fully saturated rings. The molecule has 0 bridgehead atoms. The maximum absolute atomic E-state index is 11.4. The van der Waals surface area contributed by atoms with Gasteiger partial charge in [0.15, 0.2) is 0 Å². The maximum atomic E-state index is 11.4. The third-order valence-corrected chi connectivity index (χ3v) is 6.43. The maximum Gasteiger partial charge on any atom is 0.149 e. The van der Waals surface area contributed by atoms with E-state index in [0.717, 1.165) is 29.8 Å². The molecule has 2 atom stereocenters. The molecule has 4 N–H and O–H groups in total. The zero-order valence-electron chi connectivity index (χ0n) is 15.4. The quantitative estimate of drug-likeness (QED) is 0.739. The number of nitrogens with two attached hydrogens (primary N) is 1. The second-order valence-electron chi connectivity index (χ2n) is 7.50. The molecule has 142 valence electrons. The Morgan fingerprint density at radius 2 is 2.04 bits per heavy atom. The van der Waals surface area contributed by atoms with E-state index in [1.807, 2.05) is 24.3 Å². The Hall–Kier alpha value is -2.31. The van der Waals surface area contributed by atoms with Crippen LogP contribution in [0.2, 0.25) is 0 Å². The lowest BCUT2D eigenvalue weighted by Crippen LogP contribution is -2.51. The molecule has 0 amide bonds. The van der Waals surface area contributed by atoms with Gasteiger partial charge in [0.2, 0.25) is 0 Å². The third-order valence-electron chi connectivity index (χ3n) is 5.48. The summed E-state index contributed by atoms with van der Waals surface area (Å²) in [7, 11) is -2.99. The summed E-state index contributed by atoms with van der Waals surface area (Å²) in [4.78, 5) is 0. The molecule has 1 aliphatic carbocycles. The number of fused-ring (bicyclic) bond motifs is 2. The largest absolute Gasteiger partial charge is 0.383 e. The molecular formula is C21H25N3O2S. The first-order chi connectivity index (χ1) is 12.9. The molecule has 1 aliphatic heterocycles. The number of nitrogens with one attached hydrogen (secondary N) is 2. The van der Waals surface area contributed by atoms with Crippen LogP contribution in [0, 0.1) is 0 Å². The smallest absolute Gasteiger partial charge is 0.149 e. The van der Waals surface area contributed by atoms with Gasteiger partial charge in [-0.2, -0.15) is 0 Å². The van der Waals surface area contributed by atoms with Crippen LogP contribution in [0.5, 0.6) is 0 Å². The van der Waals surface area contributed by atoms with E-state index in [9.17, 15) is 8.42 Å². The van der Waals surface area contributed by atoms with Crippen molar-refractivity contribution in [1.29, 1.82) is 0 Å². The van der Waals surface area contributed by atoms with Crippen molar-refractivity contribution in [3.63, 3.8) is 0 Å². The molecule has 2 aliphatic rings. The number of sulfone groups is 1. The Bertz CT molecular complexity index is 1000. The van der Waals surface area contributed by atoms with Crippen LogP contribution < -0.4 is 16.4 Å². The SMILES string of the molecule is CS(=O)(=O)CCNc1cccc2c1C=C[C@](N)(C1CCc3ccccc31)N2. The third kappa shape index (κ3) is 3.59. The Labute approximate surface area is 160 Å². The first-order valence-electron chi connectivity index (χ1n) is 9.24. The minimum absolute atomic E-state index is 0.105. The number of anilines is 2. The van der Waals surface area contributed by atoms with Gasteiger partial charge in [-0.3, -0.25) is 0 Å². The number of benzene rings is 2. The lowest BCUT2D eigenvalue weighted by atomic mass is 9.84. The average Bonchev–Trinajstić information content (AvgIpc) is 3.05. The Balaban J connectivity index is 1.58. The molecular weight excluding hydrogens is 358 g/mol. The van der Waals surface area contributed by atoms with Gasteiger partial charge in [-0.05, 0) is 42.2 Å². The van der Waals surface area contributed by atoms with E-state index in [2.05, 4.69) is 41.0 Å². The summed E-state index contributed by atoms with van der Waals surface area (Å²) >= 11 is 0. The molecule has 1 heterocycles. The van der Waals surface area contributed by atoms with E-state index in [-0.39, 0.29) is 11.7 Å². The highest BCUT2D eigenvalue weighted by Gasteiger charge is 2.39. The van der Waals surface area contributed by atoms with Gasteiger partial charge in [-0.25, -0.2) is 8.42 Å². The highest BCUT2D eigenvalue weighted by atomic mass is 32.2. The first kappa shape index (κ1) is 18.1. The predicted molar refractivity (Wildman–Crippen MR) is 112 cm³/mol. The predicted octanol–water partition coefficient (Wildman–Crippen LogP) is 2.97. The monoisotopic (exact) mass is 383 g/mol. The van der Waals surface area contributed by atoms with Crippen LogP contribution in [0.25, 0.3) is 6.08 Å². The van der Waals surface area contributed by atoms with Gasteiger partial charge in [-0.15, -0.1) is 0 Å². The zero-order valence-corrected chi connectivity index (χ0v) is 16.2. The van der Waals surface area contributed by atoms with Crippen molar-refractivity contribution >= 4 is 27.3 Å². The summed E-state index contributed by atoms with van der Waals surface area (Å²) < 4.78 is 22.7. The van der Waals surface area contributed by atoms with Crippen molar-refractivity contribution in [1.82, 2.24) is 0 Å². The molecule has 0 aromatic heterocycles. The molecule has 2 aromatic rings. The topological polar surface area (TPSA) is 84.2 Å². The molecule has 27 heavy (non-hydrogen) atoms. The van der Waals surface area contributed by atoms with Crippen LogP contribution in [-0.4, -0.2) is 32.6 Å². The molecule has 0 radical (unpaired) electrons. The van der Waals surface area contributed by atoms with Gasteiger partial charge in [0.1, 0.15) is 15.5 Å². The number of hydrogen-bond donors (Lipinski definition) is 3. The summed E-state index contributed by atoms with van der Waals surface area (Å²) in [5, 5.41) is 6.77. The van der Waals surface area contributed by atoms with E-state index in [4.69, 9.17) is 5.73 Å². The van der Waals surface area contributed by atoms with Gasteiger partial charge in [0, 0.05) is 35.7 Å². The van der Waals surface area contributed by atoms with Crippen molar-refractivity contribution in [2.75, 3.05) is 29.2 Å². The molecule has 0 saturated heterocycles. The summed E-state index contributed by atoms with van der Waals surface area (Å²) in [6.45, 7) is 0.382. The van der Waals surface area contributed by atoms with E-state index >= 15 is 0 Å². The highest BCUT2D eigenvalue weighted by molar-refractivity contribution is 7.90. The van der Waals surface area contributed by atoms with Crippen molar-refractivity contribution in [3.05, 3.63) is 65.2 Å². The summed E-state index contributed by atoms with van der Waals surface area (Å²) in [6, 6.07) is 14.4. The first-order valence-corrected chi connectivity index (χ1v) is 11.3. The lowest BCUT2D eigenvalue weighted by molar-refractivity contribution is 0.468. The molecule has 0 spiro atoms. The normalized spacial score (nSPS) is 23.4. The molecule has 2 aromatic carbocycles. The Kier molecular flexibility index (Phi) is 4.48. The van der Waals surface area contributed by atoms with Gasteiger partial charge in [-0.1, -0.05) is 36.4 Å². The fraction of sp³-hybridized carbons (Fsp3) is 0.333. The minimum atomic E-state index is -2.99. The minimum Gasteiger partial charge on any atom is -0.383 e. The molecule has 0 saturated carbocycles. The van der Waals surface area contributed by atoms with E-state index in [1.165, 1.54) is 17.4 Å². The zero-order chi connectivity index (χ0) is 19.1. The van der Waals surface area contributed by atoms with Crippen LogP contribution in [0.4, 0.5) is 11.4 Å². The van der Waals surface area contributed by atoms with Gasteiger partial charge >= 0.3 is 0 Å². The summed E-state index contributed by atoms with van der Waals surface area (Å²) in [6.07, 6.45) is 7.42. The van der Waals surface area contributed by atoms with Crippen LogP contribution in [0.3, 0.4) is 0 Å². The van der Waals surface area contributed by atoms with E-state index in [1.54, 1.807) is 0 Å². The summed E-state index contributed by atoms with van der Waals surface area (Å²) in [5.74, 6) is 0.327. The Morgan fingerprint density at radius 3 is 2.85 bits per heavy atom. The fourth-order valence-electron chi connectivity index (χ4n) is 4.13. The van der Waals surface area contributed by atoms with E-state index in [0.29, 0.717) is 6.54 Å². The number of rotatable bonds is 5. The van der Waals surface area contributed by atoms with Crippen LogP contribution in [0.15, 0.2) is 48.5 Å². The Morgan fingerprint density at radius 1 is 1.22 bits per heavy atom.